The Balaban J connectivity index is 2.36. The third-order valence-corrected chi connectivity index (χ3v) is 3.19. The van der Waals surface area contributed by atoms with Crippen molar-refractivity contribution in [3.05, 3.63) is 0 Å². The number of urea groups is 1. The highest BCUT2D eigenvalue weighted by Gasteiger charge is 2.29. The van der Waals surface area contributed by atoms with Crippen molar-refractivity contribution in [1.29, 1.82) is 0 Å². The van der Waals surface area contributed by atoms with E-state index in [2.05, 4.69) is 6.92 Å². The Hall–Kier alpha value is -1.26. The van der Waals surface area contributed by atoms with Crippen molar-refractivity contribution < 1.29 is 14.7 Å². The summed E-state index contributed by atoms with van der Waals surface area (Å²) >= 11 is 0. The molecule has 1 N–H and O–H groups in total. The minimum atomic E-state index is -0.774. The number of carboxylic acid groups (broad SMARTS) is 1. The van der Waals surface area contributed by atoms with Crippen molar-refractivity contribution in [1.82, 2.24) is 9.80 Å². The number of rotatable bonds is 5. The molecular formula is C12H22N2O3. The number of likely N-dealkylation sites (tertiary alicyclic amines) is 1. The average Bonchev–Trinajstić information content (AvgIpc) is 2.72. The van der Waals surface area contributed by atoms with Crippen molar-refractivity contribution in [3.63, 3.8) is 0 Å². The molecule has 0 radical (unpaired) electrons. The van der Waals surface area contributed by atoms with E-state index in [-0.39, 0.29) is 18.4 Å². The molecule has 1 rings (SSSR count). The van der Waals surface area contributed by atoms with Crippen LogP contribution >= 0.6 is 0 Å². The number of hydrogen-bond donors (Lipinski definition) is 1. The van der Waals surface area contributed by atoms with Gasteiger partial charge < -0.3 is 14.9 Å². The lowest BCUT2D eigenvalue weighted by Gasteiger charge is -2.24. The maximum Gasteiger partial charge on any atom is 0.319 e. The van der Waals surface area contributed by atoms with E-state index < -0.39 is 5.97 Å². The molecule has 98 valence electrons. The fourth-order valence-electron chi connectivity index (χ4n) is 2.15. The first-order chi connectivity index (χ1) is 8.04. The fourth-order valence-corrected chi connectivity index (χ4v) is 2.15. The van der Waals surface area contributed by atoms with Gasteiger partial charge in [0.05, 0.1) is 0 Å². The van der Waals surface area contributed by atoms with Crippen LogP contribution in [0.2, 0.25) is 0 Å². The number of unbranched alkanes of at least 4 members (excludes halogenated alkanes) is 1. The number of hydrogen-bond acceptors (Lipinski definition) is 2. The molecule has 0 saturated carbocycles. The molecule has 0 aromatic heterocycles. The Kier molecular flexibility index (Phi) is 5.25. The van der Waals surface area contributed by atoms with Gasteiger partial charge in [-0.1, -0.05) is 13.3 Å². The zero-order valence-electron chi connectivity index (χ0n) is 10.7. The molecule has 0 aromatic rings. The van der Waals surface area contributed by atoms with Crippen LogP contribution < -0.4 is 0 Å². The van der Waals surface area contributed by atoms with E-state index >= 15 is 0 Å². The summed E-state index contributed by atoms with van der Waals surface area (Å²) in [6.45, 7) is 4.14. The van der Waals surface area contributed by atoms with E-state index in [1.54, 1.807) is 9.80 Å². The highest BCUT2D eigenvalue weighted by molar-refractivity contribution is 5.74. The first-order valence-electron chi connectivity index (χ1n) is 6.26. The molecule has 1 atom stereocenters. The number of amides is 2. The molecule has 2 amide bonds. The Morgan fingerprint density at radius 3 is 2.76 bits per heavy atom. The lowest BCUT2D eigenvalue weighted by atomic mass is 10.1. The molecule has 5 nitrogen and oxygen atoms in total. The van der Waals surface area contributed by atoms with E-state index in [1.165, 1.54) is 0 Å². The normalized spacial score (nSPS) is 19.4. The molecule has 1 aliphatic rings. The van der Waals surface area contributed by atoms with Crippen LogP contribution in [0.3, 0.4) is 0 Å². The number of nitrogens with zero attached hydrogens (tertiary/aromatic N) is 2. The summed E-state index contributed by atoms with van der Waals surface area (Å²) in [6.07, 6.45) is 3.05. The van der Waals surface area contributed by atoms with Gasteiger partial charge in [0.2, 0.25) is 0 Å². The maximum atomic E-state index is 12.0. The molecule has 1 aliphatic heterocycles. The molecular weight excluding hydrogens is 220 g/mol. The molecule has 5 heteroatoms. The highest BCUT2D eigenvalue weighted by Crippen LogP contribution is 2.20. The van der Waals surface area contributed by atoms with E-state index in [1.807, 2.05) is 7.05 Å². The summed E-state index contributed by atoms with van der Waals surface area (Å²) in [6, 6.07) is 0.0336. The van der Waals surface area contributed by atoms with E-state index in [9.17, 15) is 9.59 Å². The third kappa shape index (κ3) is 4.24. The summed E-state index contributed by atoms with van der Waals surface area (Å²) in [4.78, 5) is 26.1. The zero-order valence-corrected chi connectivity index (χ0v) is 10.7. The largest absolute Gasteiger partial charge is 0.481 e. The van der Waals surface area contributed by atoms with Crippen LogP contribution in [0.5, 0.6) is 0 Å². The average molecular weight is 242 g/mol. The van der Waals surface area contributed by atoms with Crippen LogP contribution in [0.15, 0.2) is 0 Å². The fraction of sp³-hybridized carbons (Fsp3) is 0.833. The Morgan fingerprint density at radius 2 is 2.18 bits per heavy atom. The molecule has 1 fully saturated rings. The second-order valence-corrected chi connectivity index (χ2v) is 4.76. The smallest absolute Gasteiger partial charge is 0.319 e. The summed E-state index contributed by atoms with van der Waals surface area (Å²) in [5.74, 6) is -0.653. The van der Waals surface area contributed by atoms with Crippen molar-refractivity contribution in [2.75, 3.05) is 26.7 Å². The van der Waals surface area contributed by atoms with Crippen LogP contribution in [-0.2, 0) is 4.79 Å². The second-order valence-electron chi connectivity index (χ2n) is 4.76. The van der Waals surface area contributed by atoms with Gasteiger partial charge in [-0.25, -0.2) is 4.79 Å². The number of carbonyl (C=O) groups is 2. The molecule has 17 heavy (non-hydrogen) atoms. The van der Waals surface area contributed by atoms with E-state index in [4.69, 9.17) is 5.11 Å². The minimum absolute atomic E-state index is 0.0336. The quantitative estimate of drug-likeness (QED) is 0.797. The standard InChI is InChI=1S/C12H22N2O3/c1-3-4-6-13(2)12(17)14-7-5-10(9-14)8-11(15)16/h10H,3-9H2,1-2H3,(H,15,16). The van der Waals surface area contributed by atoms with Gasteiger partial charge in [-0.3, -0.25) is 4.79 Å². The number of carboxylic acids is 1. The lowest BCUT2D eigenvalue weighted by molar-refractivity contribution is -0.138. The Bertz CT molecular complexity index is 281. The first-order valence-corrected chi connectivity index (χ1v) is 6.26. The van der Waals surface area contributed by atoms with Gasteiger partial charge in [0.1, 0.15) is 0 Å². The number of carbonyl (C=O) groups excluding carboxylic acids is 1. The lowest BCUT2D eigenvalue weighted by Crippen LogP contribution is -2.40. The van der Waals surface area contributed by atoms with Gasteiger partial charge in [-0.2, -0.15) is 0 Å². The highest BCUT2D eigenvalue weighted by atomic mass is 16.4. The zero-order chi connectivity index (χ0) is 12.8. The van der Waals surface area contributed by atoms with Crippen molar-refractivity contribution >= 4 is 12.0 Å². The van der Waals surface area contributed by atoms with Crippen molar-refractivity contribution in [3.8, 4) is 0 Å². The van der Waals surface area contributed by atoms with Gasteiger partial charge in [-0.15, -0.1) is 0 Å². The number of aliphatic carboxylic acids is 1. The monoisotopic (exact) mass is 242 g/mol. The molecule has 1 unspecified atom stereocenters. The third-order valence-electron chi connectivity index (χ3n) is 3.19. The molecule has 0 aliphatic carbocycles. The second kappa shape index (κ2) is 6.47. The van der Waals surface area contributed by atoms with Crippen LogP contribution in [0, 0.1) is 5.92 Å². The Morgan fingerprint density at radius 1 is 1.47 bits per heavy atom. The van der Waals surface area contributed by atoms with Gasteiger partial charge in [0, 0.05) is 33.1 Å². The maximum absolute atomic E-state index is 12.0. The molecule has 0 spiro atoms. The topological polar surface area (TPSA) is 60.9 Å². The Labute approximate surface area is 102 Å². The van der Waals surface area contributed by atoms with Gasteiger partial charge in [-0.05, 0) is 18.8 Å². The predicted octanol–water partition coefficient (Wildman–Crippen LogP) is 1.63. The van der Waals surface area contributed by atoms with Crippen LogP contribution in [0.4, 0.5) is 4.79 Å². The molecule has 1 heterocycles. The van der Waals surface area contributed by atoms with Crippen LogP contribution in [0.25, 0.3) is 0 Å². The SMILES string of the molecule is CCCCN(C)C(=O)N1CCC(CC(=O)O)C1. The van der Waals surface area contributed by atoms with Gasteiger partial charge in [0.15, 0.2) is 0 Å². The predicted molar refractivity (Wildman–Crippen MR) is 64.9 cm³/mol. The molecule has 0 aromatic carbocycles. The summed E-state index contributed by atoms with van der Waals surface area (Å²) in [7, 11) is 1.81. The summed E-state index contributed by atoms with van der Waals surface area (Å²) in [5, 5.41) is 8.71. The summed E-state index contributed by atoms with van der Waals surface area (Å²) < 4.78 is 0. The van der Waals surface area contributed by atoms with Crippen molar-refractivity contribution in [2.24, 2.45) is 5.92 Å². The van der Waals surface area contributed by atoms with Gasteiger partial charge in [0.25, 0.3) is 0 Å². The molecule has 1 saturated heterocycles. The minimum Gasteiger partial charge on any atom is -0.481 e. The first kappa shape index (κ1) is 13.8. The van der Waals surface area contributed by atoms with E-state index in [0.29, 0.717) is 13.1 Å². The van der Waals surface area contributed by atoms with Crippen LogP contribution in [0.1, 0.15) is 32.6 Å². The van der Waals surface area contributed by atoms with Crippen molar-refractivity contribution in [2.45, 2.75) is 32.6 Å². The summed E-state index contributed by atoms with van der Waals surface area (Å²) in [5.41, 5.74) is 0. The molecule has 0 bridgehead atoms. The van der Waals surface area contributed by atoms with Gasteiger partial charge >= 0.3 is 12.0 Å². The van der Waals surface area contributed by atoms with Crippen LogP contribution in [-0.4, -0.2) is 53.6 Å². The van der Waals surface area contributed by atoms with E-state index in [0.717, 1.165) is 25.8 Å².